The van der Waals surface area contributed by atoms with E-state index >= 15 is 0 Å². The number of ether oxygens (including phenoxy) is 1. The zero-order valence-electron chi connectivity index (χ0n) is 16.8. The molecule has 2 atom stereocenters. The summed E-state index contributed by atoms with van der Waals surface area (Å²) in [4.78, 5) is 1.97. The summed E-state index contributed by atoms with van der Waals surface area (Å²) in [5.74, 6) is -0.134. The molecule has 0 bridgehead atoms. The van der Waals surface area contributed by atoms with Gasteiger partial charge in [-0.15, -0.1) is 0 Å². The molecule has 0 aliphatic rings. The quantitative estimate of drug-likeness (QED) is 0.642. The van der Waals surface area contributed by atoms with E-state index in [9.17, 15) is 9.67 Å². The van der Waals surface area contributed by atoms with Crippen molar-refractivity contribution in [2.24, 2.45) is 5.92 Å². The maximum atomic E-state index is 13.8. The fraction of sp³-hybridized carbons (Fsp3) is 0.429. The molecule has 0 aliphatic heterocycles. The van der Waals surface area contributed by atoms with Crippen LogP contribution in [0.5, 0.6) is 5.75 Å². The Hall–Kier alpha value is -1.81. The second kappa shape index (κ2) is 9.41. The van der Waals surface area contributed by atoms with E-state index in [4.69, 9.17) is 9.26 Å². The molecule has 2 aromatic rings. The van der Waals surface area contributed by atoms with Gasteiger partial charge in [-0.3, -0.25) is 4.57 Å². The maximum Gasteiger partial charge on any atom is 0.264 e. The molecular weight excluding hydrogens is 361 g/mol. The third-order valence-corrected chi connectivity index (χ3v) is 6.97. The minimum atomic E-state index is -3.52. The lowest BCUT2D eigenvalue weighted by Gasteiger charge is -2.25. The van der Waals surface area contributed by atoms with Gasteiger partial charge >= 0.3 is 0 Å². The molecule has 2 aromatic carbocycles. The van der Waals surface area contributed by atoms with Crippen molar-refractivity contribution in [2.45, 2.75) is 26.1 Å². The lowest BCUT2D eigenvalue weighted by Crippen LogP contribution is -2.16. The van der Waals surface area contributed by atoms with E-state index in [1.54, 1.807) is 43.5 Å². The van der Waals surface area contributed by atoms with E-state index in [-0.39, 0.29) is 0 Å². The van der Waals surface area contributed by atoms with Crippen LogP contribution < -0.4 is 14.9 Å². The van der Waals surface area contributed by atoms with Gasteiger partial charge in [-0.05, 0) is 54.3 Å². The molecule has 0 spiro atoms. The predicted molar refractivity (Wildman–Crippen MR) is 111 cm³/mol. The van der Waals surface area contributed by atoms with Gasteiger partial charge in [0.1, 0.15) is 5.75 Å². The van der Waals surface area contributed by atoms with Crippen molar-refractivity contribution in [3.63, 3.8) is 0 Å². The normalized spacial score (nSPS) is 14.6. The van der Waals surface area contributed by atoms with Crippen LogP contribution in [0.25, 0.3) is 0 Å². The summed E-state index contributed by atoms with van der Waals surface area (Å²) in [6.45, 7) is 4.50. The average molecular weight is 391 g/mol. The van der Waals surface area contributed by atoms with E-state index in [1.807, 2.05) is 31.1 Å². The van der Waals surface area contributed by atoms with Gasteiger partial charge in [-0.1, -0.05) is 26.0 Å². The monoisotopic (exact) mass is 391 g/mol. The number of hydrogen-bond donors (Lipinski definition) is 1. The Bertz CT molecular complexity index is 757. The van der Waals surface area contributed by atoms with Gasteiger partial charge in [0.2, 0.25) is 0 Å². The van der Waals surface area contributed by atoms with Gasteiger partial charge < -0.3 is 19.3 Å². The molecule has 0 aromatic heterocycles. The van der Waals surface area contributed by atoms with E-state index < -0.39 is 13.2 Å². The number of rotatable bonds is 9. The molecule has 0 amide bonds. The van der Waals surface area contributed by atoms with Crippen LogP contribution in [0.4, 0.5) is 5.69 Å². The van der Waals surface area contributed by atoms with Crippen LogP contribution in [0.1, 0.15) is 31.7 Å². The van der Waals surface area contributed by atoms with Crippen molar-refractivity contribution >= 4 is 18.4 Å². The first-order valence-corrected chi connectivity index (χ1v) is 10.8. The number of aliphatic hydroxyl groups excluding tert-OH is 1. The summed E-state index contributed by atoms with van der Waals surface area (Å²) >= 11 is 0. The summed E-state index contributed by atoms with van der Waals surface area (Å²) in [6, 6.07) is 14.2. The van der Waals surface area contributed by atoms with E-state index in [0.717, 1.165) is 12.1 Å². The van der Waals surface area contributed by atoms with Crippen molar-refractivity contribution in [3.05, 3.63) is 54.1 Å². The van der Waals surface area contributed by atoms with Gasteiger partial charge in [0.15, 0.2) is 5.85 Å². The number of nitrogens with zero attached hydrogens (tertiary/aromatic N) is 1. The lowest BCUT2D eigenvalue weighted by atomic mass is 10.2. The third kappa shape index (κ3) is 5.35. The van der Waals surface area contributed by atoms with Crippen molar-refractivity contribution in [3.8, 4) is 5.75 Å². The van der Waals surface area contributed by atoms with E-state index in [2.05, 4.69) is 13.8 Å². The van der Waals surface area contributed by atoms with Crippen LogP contribution in [0.15, 0.2) is 48.5 Å². The highest BCUT2D eigenvalue weighted by Gasteiger charge is 2.36. The zero-order chi connectivity index (χ0) is 20.0. The Balaban J connectivity index is 2.36. The molecule has 0 heterocycles. The zero-order valence-corrected chi connectivity index (χ0v) is 17.6. The molecule has 0 saturated heterocycles. The van der Waals surface area contributed by atoms with Crippen LogP contribution in [0.2, 0.25) is 0 Å². The number of methoxy groups -OCH3 is 1. The second-order valence-corrected chi connectivity index (χ2v) is 9.63. The molecule has 1 N–H and O–H groups in total. The highest BCUT2D eigenvalue weighted by Crippen LogP contribution is 2.58. The van der Waals surface area contributed by atoms with Gasteiger partial charge in [0.05, 0.1) is 13.7 Å². The summed E-state index contributed by atoms with van der Waals surface area (Å²) in [5, 5.41) is 11.5. The summed E-state index contributed by atoms with van der Waals surface area (Å²) in [6.07, 6.45) is 0.773. The maximum absolute atomic E-state index is 13.8. The van der Waals surface area contributed by atoms with Crippen molar-refractivity contribution in [1.82, 2.24) is 0 Å². The second-order valence-electron chi connectivity index (χ2n) is 7.17. The highest BCUT2D eigenvalue weighted by atomic mass is 31.2. The Morgan fingerprint density at radius 2 is 1.63 bits per heavy atom. The van der Waals surface area contributed by atoms with E-state index in [0.29, 0.717) is 29.1 Å². The van der Waals surface area contributed by atoms with Crippen LogP contribution in [0, 0.1) is 5.92 Å². The van der Waals surface area contributed by atoms with Crippen molar-refractivity contribution in [1.29, 1.82) is 0 Å². The minimum absolute atomic E-state index is 0.331. The van der Waals surface area contributed by atoms with Crippen LogP contribution in [0.3, 0.4) is 0 Å². The summed E-state index contributed by atoms with van der Waals surface area (Å²) < 4.78 is 24.8. The molecule has 0 aliphatic carbocycles. The molecule has 27 heavy (non-hydrogen) atoms. The Morgan fingerprint density at radius 1 is 1.04 bits per heavy atom. The standard InChI is InChI=1S/C21H30NO4P/c1-16(2)14-15-26-27(24,20-12-8-18(9-13-20)22(3)4)21(23)17-6-10-19(25-5)11-7-17/h6-13,16,21,23H,14-15H2,1-5H3/t21-,27-/m0/s1. The fourth-order valence-corrected chi connectivity index (χ4v) is 4.72. The lowest BCUT2D eigenvalue weighted by molar-refractivity contribution is 0.209. The van der Waals surface area contributed by atoms with Crippen LogP contribution in [-0.4, -0.2) is 32.9 Å². The molecule has 0 unspecified atom stereocenters. The van der Waals surface area contributed by atoms with Gasteiger partial charge in [0, 0.05) is 25.1 Å². The van der Waals surface area contributed by atoms with Gasteiger partial charge in [-0.2, -0.15) is 0 Å². The highest BCUT2D eigenvalue weighted by molar-refractivity contribution is 7.67. The predicted octanol–water partition coefficient (Wildman–Crippen LogP) is 4.42. The summed E-state index contributed by atoms with van der Waals surface area (Å²) in [7, 11) is 1.95. The Kier molecular flexibility index (Phi) is 7.49. The number of hydrogen-bond acceptors (Lipinski definition) is 5. The van der Waals surface area contributed by atoms with Crippen LogP contribution >= 0.6 is 7.37 Å². The largest absolute Gasteiger partial charge is 0.497 e. The van der Waals surface area contributed by atoms with Crippen LogP contribution in [-0.2, 0) is 9.09 Å². The van der Waals surface area contributed by atoms with Gasteiger partial charge in [-0.25, -0.2) is 0 Å². The molecule has 5 nitrogen and oxygen atoms in total. The SMILES string of the molecule is COc1ccc([C@@H](O)[P@@](=O)(OCCC(C)C)c2ccc(N(C)C)cc2)cc1. The first-order chi connectivity index (χ1) is 12.8. The van der Waals surface area contributed by atoms with E-state index in [1.165, 1.54) is 0 Å². The first-order valence-electron chi connectivity index (χ1n) is 9.12. The Labute approximate surface area is 162 Å². The van der Waals surface area contributed by atoms with Crippen molar-refractivity contribution < 1.29 is 18.9 Å². The number of anilines is 1. The molecule has 6 heteroatoms. The molecule has 0 fully saturated rings. The van der Waals surface area contributed by atoms with Gasteiger partial charge in [0.25, 0.3) is 7.37 Å². The molecular formula is C21H30NO4P. The first kappa shape index (κ1) is 21.5. The summed E-state index contributed by atoms with van der Waals surface area (Å²) in [5.41, 5.74) is 1.53. The fourth-order valence-electron chi connectivity index (χ4n) is 2.64. The number of aliphatic hydroxyl groups is 1. The van der Waals surface area contributed by atoms with Crippen molar-refractivity contribution in [2.75, 3.05) is 32.7 Å². The molecule has 148 valence electrons. The molecule has 0 saturated carbocycles. The average Bonchev–Trinajstić information content (AvgIpc) is 2.67. The minimum Gasteiger partial charge on any atom is -0.497 e. The Morgan fingerprint density at radius 3 is 2.11 bits per heavy atom. The topological polar surface area (TPSA) is 59.0 Å². The molecule has 0 radical (unpaired) electrons. The smallest absolute Gasteiger partial charge is 0.264 e. The number of benzene rings is 2. The molecule has 2 rings (SSSR count). The third-order valence-electron chi connectivity index (χ3n) is 4.44.